The molecule has 1 aromatic heterocycles. The van der Waals surface area contributed by atoms with E-state index in [4.69, 9.17) is 5.73 Å². The Bertz CT molecular complexity index is 305. The second-order valence-corrected chi connectivity index (χ2v) is 4.56. The van der Waals surface area contributed by atoms with Gasteiger partial charge in [0, 0.05) is 11.6 Å². The number of nitrogens with zero attached hydrogens (tertiary/aromatic N) is 1. The van der Waals surface area contributed by atoms with Gasteiger partial charge in [-0.15, -0.1) is 0 Å². The molecule has 14 heavy (non-hydrogen) atoms. The van der Waals surface area contributed by atoms with Crippen LogP contribution in [0, 0.1) is 11.8 Å². The summed E-state index contributed by atoms with van der Waals surface area (Å²) in [4.78, 5) is 0. The molecule has 78 valence electrons. The average molecular weight is 193 g/mol. The van der Waals surface area contributed by atoms with Crippen molar-refractivity contribution in [3.63, 3.8) is 0 Å². The third kappa shape index (κ3) is 1.46. The summed E-state index contributed by atoms with van der Waals surface area (Å²) in [5.74, 6) is 1.84. The molecule has 1 aliphatic carbocycles. The molecule has 0 saturated carbocycles. The summed E-state index contributed by atoms with van der Waals surface area (Å²) in [5, 5.41) is 7.29. The lowest BCUT2D eigenvalue weighted by atomic mass is 9.73. The van der Waals surface area contributed by atoms with Crippen molar-refractivity contribution in [1.29, 1.82) is 0 Å². The zero-order valence-electron chi connectivity index (χ0n) is 8.96. The van der Waals surface area contributed by atoms with Gasteiger partial charge >= 0.3 is 0 Å². The van der Waals surface area contributed by atoms with Gasteiger partial charge in [0.1, 0.15) is 0 Å². The lowest BCUT2D eigenvalue weighted by molar-refractivity contribution is 0.310. The Morgan fingerprint density at radius 3 is 3.21 bits per heavy atom. The van der Waals surface area contributed by atoms with Crippen LogP contribution in [0.1, 0.15) is 37.4 Å². The first-order chi connectivity index (χ1) is 6.74. The summed E-state index contributed by atoms with van der Waals surface area (Å²) in [6.45, 7) is 5.31. The van der Waals surface area contributed by atoms with Crippen molar-refractivity contribution in [2.75, 3.05) is 6.54 Å². The molecule has 1 aliphatic rings. The van der Waals surface area contributed by atoms with E-state index >= 15 is 0 Å². The fraction of sp³-hybridized carbons (Fsp3) is 0.727. The van der Waals surface area contributed by atoms with Crippen molar-refractivity contribution in [3.8, 4) is 0 Å². The number of fused-ring (bicyclic) bond motifs is 1. The standard InChI is InChI=1S/C11H19N3/c1-7-3-4-9-6-13-14-11(9)10(7)8(2)5-12/h6-8,10H,3-5,12H2,1-2H3,(H,13,14). The second kappa shape index (κ2) is 3.73. The number of hydrogen-bond acceptors (Lipinski definition) is 2. The van der Waals surface area contributed by atoms with Crippen molar-refractivity contribution in [2.24, 2.45) is 17.6 Å². The van der Waals surface area contributed by atoms with E-state index in [2.05, 4.69) is 24.0 Å². The van der Waals surface area contributed by atoms with Crippen molar-refractivity contribution < 1.29 is 0 Å². The van der Waals surface area contributed by atoms with Crippen molar-refractivity contribution in [1.82, 2.24) is 10.2 Å². The van der Waals surface area contributed by atoms with Crippen LogP contribution in [0.15, 0.2) is 6.20 Å². The molecule has 0 bridgehead atoms. The lowest BCUT2D eigenvalue weighted by Gasteiger charge is -2.32. The molecular formula is C11H19N3. The number of hydrogen-bond donors (Lipinski definition) is 2. The first-order valence-electron chi connectivity index (χ1n) is 5.46. The first kappa shape index (κ1) is 9.71. The zero-order chi connectivity index (χ0) is 10.1. The van der Waals surface area contributed by atoms with Crippen LogP contribution in [0.3, 0.4) is 0 Å². The van der Waals surface area contributed by atoms with Crippen LogP contribution >= 0.6 is 0 Å². The fourth-order valence-electron chi connectivity index (χ4n) is 2.65. The zero-order valence-corrected chi connectivity index (χ0v) is 8.96. The molecule has 3 nitrogen and oxygen atoms in total. The van der Waals surface area contributed by atoms with E-state index < -0.39 is 0 Å². The number of aromatic amines is 1. The van der Waals surface area contributed by atoms with E-state index in [-0.39, 0.29) is 0 Å². The Hall–Kier alpha value is -0.830. The van der Waals surface area contributed by atoms with Crippen LogP contribution in [-0.2, 0) is 6.42 Å². The average Bonchev–Trinajstić information content (AvgIpc) is 2.64. The quantitative estimate of drug-likeness (QED) is 0.750. The first-order valence-corrected chi connectivity index (χ1v) is 5.46. The normalized spacial score (nSPS) is 28.5. The predicted octanol–water partition coefficient (Wildman–Crippen LogP) is 1.67. The summed E-state index contributed by atoms with van der Waals surface area (Å²) >= 11 is 0. The van der Waals surface area contributed by atoms with Gasteiger partial charge in [-0.05, 0) is 36.8 Å². The number of aromatic nitrogens is 2. The number of rotatable bonds is 2. The van der Waals surface area contributed by atoms with Crippen LogP contribution in [0.5, 0.6) is 0 Å². The molecule has 0 radical (unpaired) electrons. The Labute approximate surface area is 85.1 Å². The molecular weight excluding hydrogens is 174 g/mol. The predicted molar refractivity (Wildman–Crippen MR) is 57.0 cm³/mol. The minimum Gasteiger partial charge on any atom is -0.330 e. The summed E-state index contributed by atoms with van der Waals surface area (Å²) in [5.41, 5.74) is 8.49. The summed E-state index contributed by atoms with van der Waals surface area (Å²) in [7, 11) is 0. The maximum absolute atomic E-state index is 5.76. The molecule has 3 atom stereocenters. The van der Waals surface area contributed by atoms with Gasteiger partial charge in [-0.1, -0.05) is 13.8 Å². The van der Waals surface area contributed by atoms with Gasteiger partial charge < -0.3 is 5.73 Å². The number of nitrogens with one attached hydrogen (secondary N) is 1. The van der Waals surface area contributed by atoms with Gasteiger partial charge in [0.2, 0.25) is 0 Å². The highest BCUT2D eigenvalue weighted by Gasteiger charge is 2.31. The highest BCUT2D eigenvalue weighted by Crippen LogP contribution is 2.39. The Balaban J connectivity index is 2.31. The molecule has 1 aromatic rings. The van der Waals surface area contributed by atoms with Crippen LogP contribution in [0.25, 0.3) is 0 Å². The van der Waals surface area contributed by atoms with Crippen molar-refractivity contribution >= 4 is 0 Å². The molecule has 1 heterocycles. The van der Waals surface area contributed by atoms with Gasteiger partial charge in [-0.25, -0.2) is 0 Å². The Morgan fingerprint density at radius 1 is 1.71 bits per heavy atom. The van der Waals surface area contributed by atoms with E-state index in [0.29, 0.717) is 11.8 Å². The van der Waals surface area contributed by atoms with Gasteiger partial charge in [0.15, 0.2) is 0 Å². The molecule has 2 rings (SSSR count). The highest BCUT2D eigenvalue weighted by atomic mass is 15.1. The van der Waals surface area contributed by atoms with Gasteiger partial charge in [-0.3, -0.25) is 5.10 Å². The third-order valence-electron chi connectivity index (χ3n) is 3.55. The number of aryl methyl sites for hydroxylation is 1. The van der Waals surface area contributed by atoms with Crippen LogP contribution < -0.4 is 5.73 Å². The SMILES string of the molecule is CC(CN)C1c2[nH]ncc2CCC1C. The summed E-state index contributed by atoms with van der Waals surface area (Å²) in [6.07, 6.45) is 4.40. The molecule has 0 spiro atoms. The molecule has 0 amide bonds. The summed E-state index contributed by atoms with van der Waals surface area (Å²) < 4.78 is 0. The smallest absolute Gasteiger partial charge is 0.0522 e. The largest absolute Gasteiger partial charge is 0.330 e. The van der Waals surface area contributed by atoms with E-state index in [1.54, 1.807) is 0 Å². The molecule has 0 aromatic carbocycles. The van der Waals surface area contributed by atoms with Crippen LogP contribution in [0.4, 0.5) is 0 Å². The van der Waals surface area contributed by atoms with E-state index in [0.717, 1.165) is 12.5 Å². The number of H-pyrrole nitrogens is 1. The molecule has 0 saturated heterocycles. The second-order valence-electron chi connectivity index (χ2n) is 4.56. The molecule has 0 fully saturated rings. The van der Waals surface area contributed by atoms with E-state index in [9.17, 15) is 0 Å². The monoisotopic (exact) mass is 193 g/mol. The van der Waals surface area contributed by atoms with E-state index in [1.807, 2.05) is 6.20 Å². The highest BCUT2D eigenvalue weighted by molar-refractivity contribution is 5.25. The number of nitrogens with two attached hydrogens (primary N) is 1. The van der Waals surface area contributed by atoms with Crippen LogP contribution in [0.2, 0.25) is 0 Å². The van der Waals surface area contributed by atoms with Crippen molar-refractivity contribution in [2.45, 2.75) is 32.6 Å². The van der Waals surface area contributed by atoms with Crippen molar-refractivity contribution in [3.05, 3.63) is 17.5 Å². The van der Waals surface area contributed by atoms with E-state index in [1.165, 1.54) is 24.1 Å². The maximum atomic E-state index is 5.76. The topological polar surface area (TPSA) is 54.7 Å². The van der Waals surface area contributed by atoms with Gasteiger partial charge in [0.05, 0.1) is 6.20 Å². The minimum absolute atomic E-state index is 0.546. The fourth-order valence-corrected chi connectivity index (χ4v) is 2.65. The molecule has 3 heteroatoms. The van der Waals surface area contributed by atoms with Gasteiger partial charge in [-0.2, -0.15) is 5.10 Å². The minimum atomic E-state index is 0.546. The van der Waals surface area contributed by atoms with Crippen LogP contribution in [-0.4, -0.2) is 16.7 Å². The maximum Gasteiger partial charge on any atom is 0.0522 e. The molecule has 3 unspecified atom stereocenters. The third-order valence-corrected chi connectivity index (χ3v) is 3.55. The summed E-state index contributed by atoms with van der Waals surface area (Å²) in [6, 6.07) is 0. The molecule has 3 N–H and O–H groups in total. The Kier molecular flexibility index (Phi) is 2.59. The lowest BCUT2D eigenvalue weighted by Crippen LogP contribution is -2.28. The Morgan fingerprint density at radius 2 is 2.50 bits per heavy atom. The molecule has 0 aliphatic heterocycles. The van der Waals surface area contributed by atoms with Gasteiger partial charge in [0.25, 0.3) is 0 Å².